The lowest BCUT2D eigenvalue weighted by Crippen LogP contribution is -2.27. The van der Waals surface area contributed by atoms with Crippen LogP contribution in [0.3, 0.4) is 0 Å². The van der Waals surface area contributed by atoms with Gasteiger partial charge in [0.1, 0.15) is 6.61 Å². The molecule has 26 heavy (non-hydrogen) atoms. The van der Waals surface area contributed by atoms with E-state index in [1.807, 2.05) is 24.3 Å². The standard InChI is InChI=1S/C20H21NO4S/c22-19(23)13-26-11-5-10-21-20(24)25-12-18-16-8-3-1-6-14(16)15-7-2-4-9-17(15)18/h1-4,6-9,18H,5,10-13H2,(H,21,24)(H,22,23). The van der Waals surface area contributed by atoms with Crippen molar-refractivity contribution in [3.8, 4) is 11.1 Å². The summed E-state index contributed by atoms with van der Waals surface area (Å²) in [6.45, 7) is 0.775. The summed E-state index contributed by atoms with van der Waals surface area (Å²) in [7, 11) is 0. The van der Waals surface area contributed by atoms with Crippen LogP contribution in [0.25, 0.3) is 11.1 Å². The molecule has 0 aromatic heterocycles. The van der Waals surface area contributed by atoms with Crippen LogP contribution in [0.1, 0.15) is 23.5 Å². The van der Waals surface area contributed by atoms with Gasteiger partial charge >= 0.3 is 12.1 Å². The van der Waals surface area contributed by atoms with E-state index in [-0.39, 0.29) is 11.7 Å². The van der Waals surface area contributed by atoms with Crippen LogP contribution in [0.2, 0.25) is 0 Å². The molecule has 0 unspecified atom stereocenters. The van der Waals surface area contributed by atoms with Gasteiger partial charge in [0.15, 0.2) is 0 Å². The molecule has 3 rings (SSSR count). The Hall–Kier alpha value is -2.47. The molecule has 0 fully saturated rings. The zero-order valence-corrected chi connectivity index (χ0v) is 15.1. The summed E-state index contributed by atoms with van der Waals surface area (Å²) >= 11 is 1.34. The number of carboxylic acids is 1. The minimum atomic E-state index is -0.820. The first-order chi connectivity index (χ1) is 12.7. The number of aliphatic carboxylic acids is 1. The third-order valence-electron chi connectivity index (χ3n) is 4.30. The van der Waals surface area contributed by atoms with E-state index in [1.165, 1.54) is 34.0 Å². The Morgan fingerprint density at radius 1 is 1.04 bits per heavy atom. The smallest absolute Gasteiger partial charge is 0.407 e. The van der Waals surface area contributed by atoms with Gasteiger partial charge in [0.05, 0.1) is 5.75 Å². The number of alkyl carbamates (subject to hydrolysis) is 1. The number of benzene rings is 2. The number of nitrogens with one attached hydrogen (secondary N) is 1. The number of carbonyl (C=O) groups excluding carboxylic acids is 1. The number of thioether (sulfide) groups is 1. The van der Waals surface area contributed by atoms with Gasteiger partial charge in [0.25, 0.3) is 0 Å². The van der Waals surface area contributed by atoms with Crippen LogP contribution in [0, 0.1) is 0 Å². The zero-order chi connectivity index (χ0) is 18.4. The number of fused-ring (bicyclic) bond motifs is 3. The average Bonchev–Trinajstić information content (AvgIpc) is 2.96. The van der Waals surface area contributed by atoms with Crippen molar-refractivity contribution in [3.05, 3.63) is 59.7 Å². The van der Waals surface area contributed by atoms with Crippen molar-refractivity contribution in [2.24, 2.45) is 0 Å². The van der Waals surface area contributed by atoms with Gasteiger partial charge in [0, 0.05) is 12.5 Å². The van der Waals surface area contributed by atoms with E-state index in [4.69, 9.17) is 9.84 Å². The van der Waals surface area contributed by atoms with E-state index in [1.54, 1.807) is 0 Å². The van der Waals surface area contributed by atoms with E-state index in [2.05, 4.69) is 29.6 Å². The van der Waals surface area contributed by atoms with Gasteiger partial charge < -0.3 is 15.2 Å². The Bertz CT molecular complexity index is 747. The van der Waals surface area contributed by atoms with Gasteiger partial charge in [-0.1, -0.05) is 48.5 Å². The summed E-state index contributed by atoms with van der Waals surface area (Å²) in [5.41, 5.74) is 4.78. The largest absolute Gasteiger partial charge is 0.481 e. The van der Waals surface area contributed by atoms with Gasteiger partial charge in [-0.3, -0.25) is 4.79 Å². The highest BCUT2D eigenvalue weighted by molar-refractivity contribution is 7.99. The number of amides is 1. The Morgan fingerprint density at radius 3 is 2.27 bits per heavy atom. The first-order valence-corrected chi connectivity index (χ1v) is 9.70. The number of carbonyl (C=O) groups is 2. The van der Waals surface area contributed by atoms with Crippen molar-refractivity contribution >= 4 is 23.8 Å². The third kappa shape index (κ3) is 4.38. The van der Waals surface area contributed by atoms with Gasteiger partial charge in [-0.2, -0.15) is 11.8 Å². The maximum absolute atomic E-state index is 11.9. The molecule has 1 aliphatic rings. The Balaban J connectivity index is 1.49. The lowest BCUT2D eigenvalue weighted by molar-refractivity contribution is -0.133. The molecule has 6 heteroatoms. The highest BCUT2D eigenvalue weighted by Gasteiger charge is 2.28. The third-order valence-corrected chi connectivity index (χ3v) is 5.33. The number of ether oxygens (including phenoxy) is 1. The fourth-order valence-electron chi connectivity index (χ4n) is 3.17. The zero-order valence-electron chi connectivity index (χ0n) is 14.3. The number of carboxylic acid groups (broad SMARTS) is 1. The van der Waals surface area contributed by atoms with Gasteiger partial charge in [-0.05, 0) is 34.4 Å². The molecule has 136 valence electrons. The van der Waals surface area contributed by atoms with Crippen molar-refractivity contribution in [2.75, 3.05) is 24.7 Å². The molecule has 1 aliphatic carbocycles. The lowest BCUT2D eigenvalue weighted by atomic mass is 9.98. The molecule has 0 saturated carbocycles. The van der Waals surface area contributed by atoms with Crippen LogP contribution in [0.5, 0.6) is 0 Å². The second-order valence-corrected chi connectivity index (χ2v) is 7.16. The Kier molecular flexibility index (Phi) is 6.17. The summed E-state index contributed by atoms with van der Waals surface area (Å²) in [5, 5.41) is 11.3. The van der Waals surface area contributed by atoms with Crippen LogP contribution in [0.4, 0.5) is 4.79 Å². The van der Waals surface area contributed by atoms with Crippen molar-refractivity contribution < 1.29 is 19.4 Å². The summed E-state index contributed by atoms with van der Waals surface area (Å²) in [6, 6.07) is 16.4. The average molecular weight is 371 g/mol. The first kappa shape index (κ1) is 18.3. The lowest BCUT2D eigenvalue weighted by Gasteiger charge is -2.14. The molecular weight excluding hydrogens is 350 g/mol. The van der Waals surface area contributed by atoms with Gasteiger partial charge in [0.2, 0.25) is 0 Å². The molecule has 2 aromatic rings. The molecule has 0 bridgehead atoms. The molecule has 0 aliphatic heterocycles. The molecule has 0 atom stereocenters. The maximum atomic E-state index is 11.9. The summed E-state index contributed by atoms with van der Waals surface area (Å²) in [6.07, 6.45) is 0.275. The molecule has 0 heterocycles. The number of hydrogen-bond acceptors (Lipinski definition) is 4. The monoisotopic (exact) mass is 371 g/mol. The second-order valence-electron chi connectivity index (χ2n) is 6.05. The Labute approximate surface area is 156 Å². The number of rotatable bonds is 8. The van der Waals surface area contributed by atoms with Crippen LogP contribution < -0.4 is 5.32 Å². The quantitative estimate of drug-likeness (QED) is 0.692. The topological polar surface area (TPSA) is 75.6 Å². The van der Waals surface area contributed by atoms with Crippen LogP contribution in [0.15, 0.2) is 48.5 Å². The van der Waals surface area contributed by atoms with E-state index < -0.39 is 12.1 Å². The molecule has 2 N–H and O–H groups in total. The Morgan fingerprint density at radius 2 is 1.65 bits per heavy atom. The van der Waals surface area contributed by atoms with Crippen molar-refractivity contribution in [1.82, 2.24) is 5.32 Å². The van der Waals surface area contributed by atoms with Crippen molar-refractivity contribution in [2.45, 2.75) is 12.3 Å². The minimum Gasteiger partial charge on any atom is -0.481 e. The van der Waals surface area contributed by atoms with Gasteiger partial charge in [-0.25, -0.2) is 4.79 Å². The fraction of sp³-hybridized carbons (Fsp3) is 0.300. The number of hydrogen-bond donors (Lipinski definition) is 2. The van der Waals surface area contributed by atoms with E-state index in [9.17, 15) is 9.59 Å². The maximum Gasteiger partial charge on any atom is 0.407 e. The van der Waals surface area contributed by atoms with Gasteiger partial charge in [-0.15, -0.1) is 0 Å². The van der Waals surface area contributed by atoms with Crippen LogP contribution in [-0.2, 0) is 9.53 Å². The summed E-state index contributed by atoms with van der Waals surface area (Å²) in [5.74, 6) is 0.0136. The minimum absolute atomic E-state index is 0.0549. The van der Waals surface area contributed by atoms with Crippen LogP contribution >= 0.6 is 11.8 Å². The molecular formula is C20H21NO4S. The first-order valence-electron chi connectivity index (χ1n) is 8.55. The molecule has 1 amide bonds. The summed E-state index contributed by atoms with van der Waals surface area (Å²) in [4.78, 5) is 22.3. The van der Waals surface area contributed by atoms with Crippen molar-refractivity contribution in [3.63, 3.8) is 0 Å². The highest BCUT2D eigenvalue weighted by Crippen LogP contribution is 2.44. The molecule has 2 aromatic carbocycles. The summed E-state index contributed by atoms with van der Waals surface area (Å²) < 4.78 is 5.43. The normalized spacial score (nSPS) is 12.3. The molecule has 5 nitrogen and oxygen atoms in total. The fourth-order valence-corrected chi connectivity index (χ4v) is 3.84. The predicted octanol–water partition coefficient (Wildman–Crippen LogP) is 3.73. The SMILES string of the molecule is O=C(O)CSCCCNC(=O)OCC1c2ccccc2-c2ccccc21. The predicted molar refractivity (Wildman–Crippen MR) is 103 cm³/mol. The molecule has 0 radical (unpaired) electrons. The molecule has 0 spiro atoms. The van der Waals surface area contributed by atoms with E-state index >= 15 is 0 Å². The van der Waals surface area contributed by atoms with Crippen molar-refractivity contribution in [1.29, 1.82) is 0 Å². The second kappa shape index (κ2) is 8.76. The van der Waals surface area contributed by atoms with Crippen LogP contribution in [-0.4, -0.2) is 41.8 Å². The highest BCUT2D eigenvalue weighted by atomic mass is 32.2. The molecule has 0 saturated heterocycles. The van der Waals surface area contributed by atoms with E-state index in [0.29, 0.717) is 25.3 Å². The van der Waals surface area contributed by atoms with E-state index in [0.717, 1.165) is 0 Å².